The summed E-state index contributed by atoms with van der Waals surface area (Å²) in [6.07, 6.45) is 5.02. The molecule has 2 heterocycles. The fourth-order valence-corrected chi connectivity index (χ4v) is 3.51. The molecule has 0 bridgehead atoms. The van der Waals surface area contributed by atoms with Gasteiger partial charge in [-0.25, -0.2) is 0 Å². The van der Waals surface area contributed by atoms with E-state index in [2.05, 4.69) is 48.3 Å². The standard InChI is InChI=1S/C19H36N6/c1-6-20-19(21-10-13-25-11-8-7-9-12-25)22-15(2)14-18-16(3)23-24(5)17(18)4/h15H,6-14H2,1-5H3,(H2,20,21,22). The first-order valence-electron chi connectivity index (χ1n) is 9.77. The van der Waals surface area contributed by atoms with Gasteiger partial charge in [0.25, 0.3) is 0 Å². The van der Waals surface area contributed by atoms with Gasteiger partial charge in [-0.05, 0) is 65.6 Å². The summed E-state index contributed by atoms with van der Waals surface area (Å²) < 4.78 is 1.97. The van der Waals surface area contributed by atoms with Crippen LogP contribution in [0.15, 0.2) is 4.99 Å². The predicted octanol–water partition coefficient (Wildman–Crippen LogP) is 2.01. The van der Waals surface area contributed by atoms with E-state index in [0.717, 1.165) is 37.7 Å². The minimum atomic E-state index is 0.314. The normalized spacial score (nSPS) is 17.6. The lowest BCUT2D eigenvalue weighted by Crippen LogP contribution is -2.43. The first kappa shape index (κ1) is 19.8. The molecule has 1 aromatic heterocycles. The summed E-state index contributed by atoms with van der Waals surface area (Å²) in [4.78, 5) is 7.30. The Morgan fingerprint density at radius 2 is 1.96 bits per heavy atom. The fraction of sp³-hybridized carbons (Fsp3) is 0.789. The Hall–Kier alpha value is -1.56. The maximum absolute atomic E-state index is 4.77. The molecule has 1 saturated heterocycles. The highest BCUT2D eigenvalue weighted by Gasteiger charge is 2.14. The second-order valence-electron chi connectivity index (χ2n) is 7.19. The maximum Gasteiger partial charge on any atom is 0.191 e. The Morgan fingerprint density at radius 1 is 1.24 bits per heavy atom. The van der Waals surface area contributed by atoms with Crippen molar-refractivity contribution in [2.24, 2.45) is 12.0 Å². The number of likely N-dealkylation sites (tertiary alicyclic amines) is 1. The van der Waals surface area contributed by atoms with Gasteiger partial charge in [0, 0.05) is 31.9 Å². The van der Waals surface area contributed by atoms with Crippen molar-refractivity contribution < 1.29 is 0 Å². The van der Waals surface area contributed by atoms with E-state index in [1.54, 1.807) is 0 Å². The second-order valence-corrected chi connectivity index (χ2v) is 7.19. The van der Waals surface area contributed by atoms with Crippen molar-refractivity contribution in [2.75, 3.05) is 32.7 Å². The van der Waals surface area contributed by atoms with Gasteiger partial charge in [-0.1, -0.05) is 6.42 Å². The molecule has 0 aromatic carbocycles. The number of nitrogens with one attached hydrogen (secondary N) is 2. The number of hydrogen-bond donors (Lipinski definition) is 2. The third kappa shape index (κ3) is 6.03. The molecule has 1 fully saturated rings. The van der Waals surface area contributed by atoms with E-state index < -0.39 is 0 Å². The highest BCUT2D eigenvalue weighted by atomic mass is 15.3. The summed E-state index contributed by atoms with van der Waals surface area (Å²) in [5.74, 6) is 0.922. The first-order chi connectivity index (χ1) is 12.0. The van der Waals surface area contributed by atoms with E-state index in [-0.39, 0.29) is 0 Å². The molecule has 6 nitrogen and oxygen atoms in total. The van der Waals surface area contributed by atoms with E-state index in [0.29, 0.717) is 6.04 Å². The first-order valence-corrected chi connectivity index (χ1v) is 9.77. The number of hydrogen-bond acceptors (Lipinski definition) is 3. The Bertz CT molecular complexity index is 557. The largest absolute Gasteiger partial charge is 0.357 e. The van der Waals surface area contributed by atoms with Crippen LogP contribution in [0.1, 0.15) is 50.1 Å². The lowest BCUT2D eigenvalue weighted by molar-refractivity contribution is 0.235. The molecular weight excluding hydrogens is 312 g/mol. The Labute approximate surface area is 153 Å². The Kier molecular flexibility index (Phi) is 7.75. The molecule has 142 valence electrons. The van der Waals surface area contributed by atoms with Gasteiger partial charge in [0.05, 0.1) is 12.2 Å². The van der Waals surface area contributed by atoms with E-state index in [9.17, 15) is 0 Å². The molecule has 2 rings (SSSR count). The van der Waals surface area contributed by atoms with Crippen LogP contribution in [-0.4, -0.2) is 59.4 Å². The number of aliphatic imine (C=N–C) groups is 1. The molecule has 0 spiro atoms. The van der Waals surface area contributed by atoms with Gasteiger partial charge in [0.1, 0.15) is 0 Å². The summed E-state index contributed by atoms with van der Waals surface area (Å²) in [6, 6.07) is 0.314. The quantitative estimate of drug-likeness (QED) is 0.585. The average molecular weight is 349 g/mol. The highest BCUT2D eigenvalue weighted by molar-refractivity contribution is 5.80. The molecule has 0 aliphatic carbocycles. The zero-order valence-corrected chi connectivity index (χ0v) is 16.7. The third-order valence-electron chi connectivity index (χ3n) is 5.03. The number of aryl methyl sites for hydroxylation is 2. The van der Waals surface area contributed by atoms with Crippen LogP contribution in [0.25, 0.3) is 0 Å². The average Bonchev–Trinajstić information content (AvgIpc) is 2.82. The number of aromatic nitrogens is 2. The summed E-state index contributed by atoms with van der Waals surface area (Å²) in [5, 5.41) is 11.4. The van der Waals surface area contributed by atoms with Crippen molar-refractivity contribution in [1.82, 2.24) is 25.3 Å². The minimum Gasteiger partial charge on any atom is -0.357 e. The van der Waals surface area contributed by atoms with Gasteiger partial charge in [0.2, 0.25) is 0 Å². The van der Waals surface area contributed by atoms with Crippen LogP contribution < -0.4 is 10.6 Å². The van der Waals surface area contributed by atoms with E-state index in [4.69, 9.17) is 4.99 Å². The van der Waals surface area contributed by atoms with Crippen LogP contribution in [0.2, 0.25) is 0 Å². The molecule has 1 atom stereocenters. The van der Waals surface area contributed by atoms with Crippen molar-refractivity contribution in [3.63, 3.8) is 0 Å². The molecule has 25 heavy (non-hydrogen) atoms. The summed E-state index contributed by atoms with van der Waals surface area (Å²) in [6.45, 7) is 13.8. The maximum atomic E-state index is 4.77. The van der Waals surface area contributed by atoms with Crippen LogP contribution in [-0.2, 0) is 13.5 Å². The number of guanidine groups is 1. The molecule has 0 saturated carbocycles. The van der Waals surface area contributed by atoms with E-state index in [1.807, 2.05) is 11.7 Å². The van der Waals surface area contributed by atoms with Gasteiger partial charge in [-0.15, -0.1) is 0 Å². The van der Waals surface area contributed by atoms with Crippen LogP contribution in [0, 0.1) is 13.8 Å². The molecule has 1 aromatic rings. The zero-order valence-electron chi connectivity index (χ0n) is 16.7. The van der Waals surface area contributed by atoms with Crippen molar-refractivity contribution >= 4 is 5.96 Å². The van der Waals surface area contributed by atoms with Crippen LogP contribution >= 0.6 is 0 Å². The molecule has 6 heteroatoms. The van der Waals surface area contributed by atoms with Crippen molar-refractivity contribution in [3.05, 3.63) is 17.0 Å². The van der Waals surface area contributed by atoms with Gasteiger partial charge in [0.15, 0.2) is 5.96 Å². The molecule has 0 amide bonds. The smallest absolute Gasteiger partial charge is 0.191 e. The molecule has 0 radical (unpaired) electrons. The highest BCUT2D eigenvalue weighted by Crippen LogP contribution is 2.14. The Balaban J connectivity index is 1.87. The van der Waals surface area contributed by atoms with Crippen LogP contribution in [0.3, 0.4) is 0 Å². The third-order valence-corrected chi connectivity index (χ3v) is 5.03. The topological polar surface area (TPSA) is 57.5 Å². The SMILES string of the molecule is CCNC(=NCCN1CCCCC1)NC(C)Cc1c(C)nn(C)c1C. The minimum absolute atomic E-state index is 0.314. The van der Waals surface area contributed by atoms with Crippen LogP contribution in [0.4, 0.5) is 0 Å². The summed E-state index contributed by atoms with van der Waals surface area (Å²) in [7, 11) is 2.01. The van der Waals surface area contributed by atoms with Crippen molar-refractivity contribution in [1.29, 1.82) is 0 Å². The molecule has 1 aliphatic rings. The molecular formula is C19H36N6. The van der Waals surface area contributed by atoms with Gasteiger partial charge in [-0.2, -0.15) is 5.10 Å². The van der Waals surface area contributed by atoms with Gasteiger partial charge >= 0.3 is 0 Å². The van der Waals surface area contributed by atoms with Crippen molar-refractivity contribution in [3.8, 4) is 0 Å². The van der Waals surface area contributed by atoms with Crippen LogP contribution in [0.5, 0.6) is 0 Å². The lowest BCUT2D eigenvalue weighted by Gasteiger charge is -2.25. The molecule has 1 unspecified atom stereocenters. The second kappa shape index (κ2) is 9.80. The number of rotatable bonds is 7. The monoisotopic (exact) mass is 348 g/mol. The predicted molar refractivity (Wildman–Crippen MR) is 105 cm³/mol. The number of nitrogens with zero attached hydrogens (tertiary/aromatic N) is 4. The molecule has 1 aliphatic heterocycles. The zero-order chi connectivity index (χ0) is 18.2. The van der Waals surface area contributed by atoms with Gasteiger partial charge < -0.3 is 15.5 Å². The van der Waals surface area contributed by atoms with Gasteiger partial charge in [-0.3, -0.25) is 9.67 Å². The lowest BCUT2D eigenvalue weighted by atomic mass is 10.1. The summed E-state index contributed by atoms with van der Waals surface area (Å²) in [5.41, 5.74) is 3.71. The number of piperidine rings is 1. The van der Waals surface area contributed by atoms with E-state index in [1.165, 1.54) is 43.6 Å². The van der Waals surface area contributed by atoms with Crippen molar-refractivity contribution in [2.45, 2.75) is 59.4 Å². The van der Waals surface area contributed by atoms with E-state index >= 15 is 0 Å². The molecule has 2 N–H and O–H groups in total. The Morgan fingerprint density at radius 3 is 2.56 bits per heavy atom. The summed E-state index contributed by atoms with van der Waals surface area (Å²) >= 11 is 0. The fourth-order valence-electron chi connectivity index (χ4n) is 3.51.